The van der Waals surface area contributed by atoms with Gasteiger partial charge >= 0.3 is 5.97 Å². The first-order valence-electron chi connectivity index (χ1n) is 8.00. The molecule has 2 amide bonds. The Morgan fingerprint density at radius 3 is 2.17 bits per heavy atom. The molecular weight excluding hydrogens is 312 g/mol. The number of carboxylic acids is 1. The van der Waals surface area contributed by atoms with Crippen LogP contribution in [0.5, 0.6) is 5.75 Å². The van der Waals surface area contributed by atoms with Gasteiger partial charge in [-0.3, -0.25) is 9.59 Å². The molecule has 7 nitrogen and oxygen atoms in total. The molecule has 130 valence electrons. The molecule has 1 aliphatic carbocycles. The highest BCUT2D eigenvalue weighted by atomic mass is 16.5. The van der Waals surface area contributed by atoms with Crippen molar-refractivity contribution in [2.24, 2.45) is 5.73 Å². The van der Waals surface area contributed by atoms with Gasteiger partial charge in [-0.2, -0.15) is 0 Å². The van der Waals surface area contributed by atoms with Crippen LogP contribution in [0.3, 0.4) is 0 Å². The topological polar surface area (TPSA) is 119 Å². The summed E-state index contributed by atoms with van der Waals surface area (Å²) >= 11 is 0. The van der Waals surface area contributed by atoms with Crippen LogP contribution in [0.25, 0.3) is 0 Å². The number of hydrogen-bond donors (Lipinski definition) is 3. The smallest absolute Gasteiger partial charge is 0.329 e. The first-order valence-corrected chi connectivity index (χ1v) is 8.00. The van der Waals surface area contributed by atoms with Crippen LogP contribution in [0.1, 0.15) is 48.9 Å². The number of nitrogens with two attached hydrogens (primary N) is 1. The summed E-state index contributed by atoms with van der Waals surface area (Å²) in [6.07, 6.45) is 4.41. The van der Waals surface area contributed by atoms with Crippen LogP contribution in [0.15, 0.2) is 24.3 Å². The van der Waals surface area contributed by atoms with E-state index in [1.807, 2.05) is 0 Å². The number of amides is 2. The summed E-state index contributed by atoms with van der Waals surface area (Å²) in [5, 5.41) is 12.3. The largest absolute Gasteiger partial charge is 0.484 e. The summed E-state index contributed by atoms with van der Waals surface area (Å²) in [5.74, 6) is -1.60. The molecule has 0 saturated heterocycles. The molecule has 0 unspecified atom stereocenters. The van der Waals surface area contributed by atoms with E-state index >= 15 is 0 Å². The van der Waals surface area contributed by atoms with Gasteiger partial charge in [0, 0.05) is 5.56 Å². The first kappa shape index (κ1) is 17.8. The zero-order valence-electron chi connectivity index (χ0n) is 13.4. The van der Waals surface area contributed by atoms with Crippen molar-refractivity contribution < 1.29 is 24.2 Å². The average molecular weight is 334 g/mol. The monoisotopic (exact) mass is 334 g/mol. The van der Waals surface area contributed by atoms with E-state index in [2.05, 4.69) is 5.32 Å². The van der Waals surface area contributed by atoms with Gasteiger partial charge in [-0.05, 0) is 37.1 Å². The van der Waals surface area contributed by atoms with E-state index in [0.29, 0.717) is 24.2 Å². The fourth-order valence-electron chi connectivity index (χ4n) is 2.87. The van der Waals surface area contributed by atoms with Crippen molar-refractivity contribution in [2.45, 2.75) is 44.1 Å². The summed E-state index contributed by atoms with van der Waals surface area (Å²) in [7, 11) is 0. The highest BCUT2D eigenvalue weighted by Gasteiger charge is 2.40. The van der Waals surface area contributed by atoms with Crippen LogP contribution < -0.4 is 15.8 Å². The molecule has 0 radical (unpaired) electrons. The lowest BCUT2D eigenvalue weighted by molar-refractivity contribution is -0.145. The van der Waals surface area contributed by atoms with Crippen molar-refractivity contribution in [3.8, 4) is 5.75 Å². The van der Waals surface area contributed by atoms with Gasteiger partial charge in [-0.1, -0.05) is 25.7 Å². The van der Waals surface area contributed by atoms with Gasteiger partial charge in [-0.15, -0.1) is 0 Å². The molecule has 24 heavy (non-hydrogen) atoms. The molecule has 0 spiro atoms. The van der Waals surface area contributed by atoms with E-state index in [1.165, 1.54) is 12.1 Å². The Labute approximate surface area is 140 Å². The minimum atomic E-state index is -1.20. The predicted octanol–water partition coefficient (Wildman–Crippen LogP) is 1.46. The van der Waals surface area contributed by atoms with Crippen molar-refractivity contribution in [1.29, 1.82) is 0 Å². The lowest BCUT2D eigenvalue weighted by atomic mass is 9.90. The zero-order chi connectivity index (χ0) is 17.6. The summed E-state index contributed by atoms with van der Waals surface area (Å²) in [4.78, 5) is 34.8. The Bertz CT molecular complexity index is 604. The molecule has 2 rings (SSSR count). The molecule has 4 N–H and O–H groups in total. The fraction of sp³-hybridized carbons (Fsp3) is 0.471. The molecule has 0 atom stereocenters. The molecule has 0 heterocycles. The van der Waals surface area contributed by atoms with Gasteiger partial charge in [-0.25, -0.2) is 4.79 Å². The van der Waals surface area contributed by atoms with Crippen molar-refractivity contribution in [2.75, 3.05) is 6.61 Å². The minimum Gasteiger partial charge on any atom is -0.484 e. The van der Waals surface area contributed by atoms with Crippen molar-refractivity contribution in [1.82, 2.24) is 5.32 Å². The van der Waals surface area contributed by atoms with Crippen LogP contribution in [-0.4, -0.2) is 35.0 Å². The third kappa shape index (κ3) is 4.47. The second kappa shape index (κ2) is 7.81. The van der Waals surface area contributed by atoms with Gasteiger partial charge in [0.05, 0.1) is 0 Å². The Morgan fingerprint density at radius 1 is 1.08 bits per heavy atom. The number of aliphatic carboxylic acids is 1. The van der Waals surface area contributed by atoms with Crippen LogP contribution in [-0.2, 0) is 9.59 Å². The van der Waals surface area contributed by atoms with Crippen LogP contribution in [0, 0.1) is 0 Å². The van der Waals surface area contributed by atoms with Crippen molar-refractivity contribution in [3.05, 3.63) is 29.8 Å². The number of primary amides is 1. The van der Waals surface area contributed by atoms with E-state index in [0.717, 1.165) is 25.7 Å². The molecule has 7 heteroatoms. The Hall–Kier alpha value is -2.57. The number of carbonyl (C=O) groups excluding carboxylic acids is 2. The number of benzene rings is 1. The minimum absolute atomic E-state index is 0.242. The summed E-state index contributed by atoms with van der Waals surface area (Å²) in [6.45, 7) is -0.242. The van der Waals surface area contributed by atoms with Gasteiger partial charge in [0.2, 0.25) is 0 Å². The lowest BCUT2D eigenvalue weighted by Gasteiger charge is -2.29. The van der Waals surface area contributed by atoms with Gasteiger partial charge in [0.1, 0.15) is 11.3 Å². The quantitative estimate of drug-likeness (QED) is 0.681. The normalized spacial score (nSPS) is 16.7. The van der Waals surface area contributed by atoms with Crippen LogP contribution >= 0.6 is 0 Å². The molecule has 0 aliphatic heterocycles. The third-order valence-electron chi connectivity index (χ3n) is 4.22. The number of hydrogen-bond acceptors (Lipinski definition) is 4. The molecule has 0 bridgehead atoms. The molecule has 1 aliphatic rings. The van der Waals surface area contributed by atoms with Crippen molar-refractivity contribution in [3.63, 3.8) is 0 Å². The van der Waals surface area contributed by atoms with Crippen LogP contribution in [0.4, 0.5) is 0 Å². The van der Waals surface area contributed by atoms with E-state index in [4.69, 9.17) is 10.5 Å². The van der Waals surface area contributed by atoms with E-state index < -0.39 is 23.3 Å². The number of rotatable bonds is 6. The molecule has 1 aromatic carbocycles. The molecular formula is C17H22N2O5. The number of carbonyl (C=O) groups is 3. The Kier molecular flexibility index (Phi) is 5.78. The zero-order valence-corrected chi connectivity index (χ0v) is 13.4. The highest BCUT2D eigenvalue weighted by Crippen LogP contribution is 2.28. The molecule has 0 aromatic heterocycles. The maximum Gasteiger partial charge on any atom is 0.329 e. The van der Waals surface area contributed by atoms with E-state index in [9.17, 15) is 19.5 Å². The molecule has 1 saturated carbocycles. The maximum atomic E-state index is 12.4. The summed E-state index contributed by atoms with van der Waals surface area (Å²) < 4.78 is 5.13. The Morgan fingerprint density at radius 2 is 1.67 bits per heavy atom. The fourth-order valence-corrected chi connectivity index (χ4v) is 2.87. The van der Waals surface area contributed by atoms with E-state index in [1.54, 1.807) is 12.1 Å². The number of ether oxygens (including phenoxy) is 1. The predicted molar refractivity (Wildman–Crippen MR) is 86.7 cm³/mol. The Balaban J connectivity index is 2.06. The second-order valence-electron chi connectivity index (χ2n) is 6.03. The first-order chi connectivity index (χ1) is 11.4. The lowest BCUT2D eigenvalue weighted by Crippen LogP contribution is -2.54. The third-order valence-corrected chi connectivity index (χ3v) is 4.22. The van der Waals surface area contributed by atoms with E-state index in [-0.39, 0.29) is 6.61 Å². The summed E-state index contributed by atoms with van der Waals surface area (Å²) in [5.41, 5.74) is 4.13. The van der Waals surface area contributed by atoms with Gasteiger partial charge in [0.15, 0.2) is 6.61 Å². The maximum absolute atomic E-state index is 12.4. The summed E-state index contributed by atoms with van der Waals surface area (Å²) in [6, 6.07) is 6.13. The average Bonchev–Trinajstić information content (AvgIpc) is 2.80. The van der Waals surface area contributed by atoms with Crippen LogP contribution in [0.2, 0.25) is 0 Å². The molecule has 1 aromatic rings. The molecule has 1 fully saturated rings. The number of nitrogens with one attached hydrogen (secondary N) is 1. The van der Waals surface area contributed by atoms with Gasteiger partial charge in [0.25, 0.3) is 11.8 Å². The van der Waals surface area contributed by atoms with Crippen molar-refractivity contribution >= 4 is 17.8 Å². The second-order valence-corrected chi connectivity index (χ2v) is 6.03. The highest BCUT2D eigenvalue weighted by molar-refractivity contribution is 5.98. The SMILES string of the molecule is NC(=O)COc1ccc(C(=O)NC2(C(=O)O)CCCCCC2)cc1. The number of carboxylic acid groups (broad SMARTS) is 1. The standard InChI is InChI=1S/C17H22N2O5/c18-14(20)11-24-13-7-5-12(6-8-13)15(21)19-17(16(22)23)9-3-1-2-4-10-17/h5-8H,1-4,9-11H2,(H2,18,20)(H,19,21)(H,22,23). The van der Waals surface area contributed by atoms with Gasteiger partial charge < -0.3 is 20.9 Å².